The van der Waals surface area contributed by atoms with Crippen LogP contribution in [0.5, 0.6) is 0 Å². The van der Waals surface area contributed by atoms with Gasteiger partial charge in [0.1, 0.15) is 0 Å². The number of hydrogen-bond donors (Lipinski definition) is 2. The van der Waals surface area contributed by atoms with Crippen molar-refractivity contribution in [2.24, 2.45) is 0 Å². The smallest absolute Gasteiger partial charge is 0.255 e. The first-order valence-corrected chi connectivity index (χ1v) is 7.88. The Hall–Kier alpha value is -3.39. The van der Waals surface area contributed by atoms with E-state index in [1.54, 1.807) is 48.5 Å². The predicted molar refractivity (Wildman–Crippen MR) is 96.3 cm³/mol. The number of rotatable bonds is 5. The van der Waals surface area contributed by atoms with Crippen molar-refractivity contribution in [2.75, 3.05) is 0 Å². The van der Waals surface area contributed by atoms with Gasteiger partial charge in [-0.3, -0.25) is 9.59 Å². The van der Waals surface area contributed by atoms with E-state index < -0.39 is 0 Å². The molecule has 0 fully saturated rings. The van der Waals surface area contributed by atoms with Gasteiger partial charge in [-0.15, -0.1) is 0 Å². The van der Waals surface area contributed by atoms with Gasteiger partial charge in [-0.2, -0.15) is 5.26 Å². The summed E-state index contributed by atoms with van der Waals surface area (Å²) in [5.41, 5.74) is 2.01. The summed E-state index contributed by atoms with van der Waals surface area (Å²) in [5.74, 6) is -0.615. The second-order valence-corrected chi connectivity index (χ2v) is 5.73. The number of nitrogens with zero attached hydrogens (tertiary/aromatic N) is 1. The molecular formula is C20H19N3O2. The summed E-state index contributed by atoms with van der Waals surface area (Å²) in [4.78, 5) is 24.5. The molecule has 0 atom stereocenters. The zero-order chi connectivity index (χ0) is 18.2. The van der Waals surface area contributed by atoms with Gasteiger partial charge < -0.3 is 10.6 Å². The topological polar surface area (TPSA) is 82.0 Å². The van der Waals surface area contributed by atoms with Crippen LogP contribution >= 0.6 is 0 Å². The van der Waals surface area contributed by atoms with E-state index in [1.807, 2.05) is 26.0 Å². The highest BCUT2D eigenvalue weighted by atomic mass is 16.2. The first-order chi connectivity index (χ1) is 12.0. The fraction of sp³-hybridized carbons (Fsp3) is 0.150. The second-order valence-electron chi connectivity index (χ2n) is 5.73. The number of carbonyl (C=O) groups is 2. The maximum atomic E-state index is 12.4. The Balaban J connectivity index is 2.31. The summed E-state index contributed by atoms with van der Waals surface area (Å²) in [5, 5.41) is 14.4. The highest BCUT2D eigenvalue weighted by molar-refractivity contribution is 6.03. The van der Waals surface area contributed by atoms with Crippen LogP contribution in [0.1, 0.15) is 35.3 Å². The standard InChI is InChI=1S/C20H19N3O2/c1-14(2)22-19(24)12-18(16-10-8-15(13-21)9-11-16)23-20(25)17-6-4-3-5-7-17/h3-12,14H,1-2H3,(H,22,24)(H,23,25). The van der Waals surface area contributed by atoms with Crippen molar-refractivity contribution in [3.63, 3.8) is 0 Å². The zero-order valence-electron chi connectivity index (χ0n) is 14.1. The van der Waals surface area contributed by atoms with Crippen LogP contribution in [0.25, 0.3) is 5.70 Å². The minimum Gasteiger partial charge on any atom is -0.350 e. The van der Waals surface area contributed by atoms with Crippen molar-refractivity contribution in [3.8, 4) is 6.07 Å². The lowest BCUT2D eigenvalue weighted by atomic mass is 10.1. The van der Waals surface area contributed by atoms with E-state index in [1.165, 1.54) is 6.08 Å². The lowest BCUT2D eigenvalue weighted by Gasteiger charge is -2.12. The first kappa shape index (κ1) is 18.0. The third-order valence-corrected chi connectivity index (χ3v) is 3.32. The van der Waals surface area contributed by atoms with E-state index in [-0.39, 0.29) is 17.9 Å². The van der Waals surface area contributed by atoms with E-state index in [9.17, 15) is 9.59 Å². The number of benzene rings is 2. The third kappa shape index (κ3) is 5.33. The van der Waals surface area contributed by atoms with Gasteiger partial charge in [-0.05, 0) is 43.7 Å². The van der Waals surface area contributed by atoms with Crippen molar-refractivity contribution < 1.29 is 9.59 Å². The van der Waals surface area contributed by atoms with Crippen molar-refractivity contribution in [1.29, 1.82) is 5.26 Å². The average Bonchev–Trinajstić information content (AvgIpc) is 2.61. The molecule has 0 aliphatic rings. The summed E-state index contributed by atoms with van der Waals surface area (Å²) in [7, 11) is 0. The minimum atomic E-state index is -0.312. The van der Waals surface area contributed by atoms with Gasteiger partial charge in [0.05, 0.1) is 17.3 Å². The SMILES string of the molecule is CC(C)NC(=O)C=C(NC(=O)c1ccccc1)c1ccc(C#N)cc1. The summed E-state index contributed by atoms with van der Waals surface area (Å²) in [6.45, 7) is 3.71. The van der Waals surface area contributed by atoms with Crippen molar-refractivity contribution >= 4 is 17.5 Å². The van der Waals surface area contributed by atoms with Crippen LogP contribution in [-0.2, 0) is 4.79 Å². The molecule has 2 amide bonds. The van der Waals surface area contributed by atoms with E-state index in [2.05, 4.69) is 10.6 Å². The molecule has 0 radical (unpaired) electrons. The molecule has 0 aliphatic carbocycles. The van der Waals surface area contributed by atoms with Crippen molar-refractivity contribution in [3.05, 3.63) is 77.4 Å². The van der Waals surface area contributed by atoms with E-state index >= 15 is 0 Å². The molecule has 2 aromatic rings. The van der Waals surface area contributed by atoms with Gasteiger partial charge in [0.15, 0.2) is 0 Å². The van der Waals surface area contributed by atoms with E-state index in [4.69, 9.17) is 5.26 Å². The third-order valence-electron chi connectivity index (χ3n) is 3.32. The predicted octanol–water partition coefficient (Wildman–Crippen LogP) is 2.85. The molecule has 126 valence electrons. The van der Waals surface area contributed by atoms with E-state index in [0.29, 0.717) is 22.4 Å². The first-order valence-electron chi connectivity index (χ1n) is 7.88. The molecule has 5 nitrogen and oxygen atoms in total. The lowest BCUT2D eigenvalue weighted by molar-refractivity contribution is -0.116. The number of amides is 2. The Morgan fingerprint density at radius 2 is 1.64 bits per heavy atom. The Morgan fingerprint density at radius 1 is 1.00 bits per heavy atom. The van der Waals surface area contributed by atoms with E-state index in [0.717, 1.165) is 0 Å². The van der Waals surface area contributed by atoms with Crippen LogP contribution < -0.4 is 10.6 Å². The quantitative estimate of drug-likeness (QED) is 0.826. The Bertz CT molecular complexity index is 816. The van der Waals surface area contributed by atoms with Gasteiger partial charge in [0.2, 0.25) is 5.91 Å². The summed E-state index contributed by atoms with van der Waals surface area (Å²) < 4.78 is 0. The molecule has 0 aromatic heterocycles. The molecule has 2 aromatic carbocycles. The zero-order valence-corrected chi connectivity index (χ0v) is 14.1. The van der Waals surface area contributed by atoms with Gasteiger partial charge in [0.25, 0.3) is 5.91 Å². The molecule has 0 saturated heterocycles. The van der Waals surface area contributed by atoms with Gasteiger partial charge >= 0.3 is 0 Å². The molecular weight excluding hydrogens is 314 g/mol. The van der Waals surface area contributed by atoms with Crippen molar-refractivity contribution in [1.82, 2.24) is 10.6 Å². The van der Waals surface area contributed by atoms with Gasteiger partial charge in [-0.25, -0.2) is 0 Å². The molecule has 0 heterocycles. The maximum absolute atomic E-state index is 12.4. The molecule has 0 bridgehead atoms. The molecule has 0 unspecified atom stereocenters. The van der Waals surface area contributed by atoms with Crippen molar-refractivity contribution in [2.45, 2.75) is 19.9 Å². The monoisotopic (exact) mass is 333 g/mol. The summed E-state index contributed by atoms with van der Waals surface area (Å²) >= 11 is 0. The molecule has 0 spiro atoms. The van der Waals surface area contributed by atoms with Crippen LogP contribution in [0.2, 0.25) is 0 Å². The second kappa shape index (κ2) is 8.46. The van der Waals surface area contributed by atoms with Crippen LogP contribution in [-0.4, -0.2) is 17.9 Å². The molecule has 2 N–H and O–H groups in total. The van der Waals surface area contributed by atoms with Gasteiger partial charge in [0, 0.05) is 17.7 Å². The molecule has 5 heteroatoms. The maximum Gasteiger partial charge on any atom is 0.255 e. The number of hydrogen-bond acceptors (Lipinski definition) is 3. The van der Waals surface area contributed by atoms with Crippen LogP contribution in [0.4, 0.5) is 0 Å². The number of nitriles is 1. The lowest BCUT2D eigenvalue weighted by Crippen LogP contribution is -2.30. The Labute approximate surface area is 147 Å². The largest absolute Gasteiger partial charge is 0.350 e. The van der Waals surface area contributed by atoms with Crippen LogP contribution in [0.15, 0.2) is 60.7 Å². The molecule has 25 heavy (non-hydrogen) atoms. The Morgan fingerprint density at radius 3 is 2.20 bits per heavy atom. The number of carbonyl (C=O) groups excluding carboxylic acids is 2. The number of nitrogens with one attached hydrogen (secondary N) is 2. The minimum absolute atomic E-state index is 0.0178. The van der Waals surface area contributed by atoms with Crippen LogP contribution in [0, 0.1) is 11.3 Å². The molecule has 2 rings (SSSR count). The average molecular weight is 333 g/mol. The molecule has 0 saturated carbocycles. The normalized spacial score (nSPS) is 10.9. The Kier molecular flexibility index (Phi) is 6.08. The fourth-order valence-corrected chi connectivity index (χ4v) is 2.16. The summed E-state index contributed by atoms with van der Waals surface area (Å²) in [6.07, 6.45) is 1.35. The summed E-state index contributed by atoms with van der Waals surface area (Å²) in [6, 6.07) is 17.4. The van der Waals surface area contributed by atoms with Crippen LogP contribution in [0.3, 0.4) is 0 Å². The highest BCUT2D eigenvalue weighted by Gasteiger charge is 2.11. The van der Waals surface area contributed by atoms with Gasteiger partial charge in [-0.1, -0.05) is 30.3 Å². The fourth-order valence-electron chi connectivity index (χ4n) is 2.16. The molecule has 0 aliphatic heterocycles. The highest BCUT2D eigenvalue weighted by Crippen LogP contribution is 2.14.